The first-order valence-electron chi connectivity index (χ1n) is 16.1. The Morgan fingerprint density at radius 2 is 1.88 bits per heavy atom. The van der Waals surface area contributed by atoms with E-state index in [1.165, 1.54) is 0 Å². The summed E-state index contributed by atoms with van der Waals surface area (Å²) in [5, 5.41) is 12.3. The number of nitriles is 1. The van der Waals surface area contributed by atoms with Crippen LogP contribution in [0.4, 0.5) is 21.4 Å². The number of hydrogen-bond donors (Lipinski definition) is 1. The summed E-state index contributed by atoms with van der Waals surface area (Å²) in [6.45, 7) is 12.8. The molecule has 6 heterocycles. The number of aromatic nitrogens is 4. The number of rotatable bonds is 8. The molecule has 0 aliphatic carbocycles. The number of amides is 3. The van der Waals surface area contributed by atoms with E-state index in [9.17, 15) is 19.6 Å². The van der Waals surface area contributed by atoms with E-state index >= 15 is 0 Å². The van der Waals surface area contributed by atoms with Crippen molar-refractivity contribution in [3.63, 3.8) is 0 Å². The number of nitrogens with zero attached hydrogens (tertiary/aromatic N) is 9. The molecular weight excluding hydrogens is 612 g/mol. The minimum Gasteiger partial charge on any atom is -0.444 e. The number of fused-ring (bicyclic) bond motifs is 2. The van der Waals surface area contributed by atoms with E-state index in [2.05, 4.69) is 31.2 Å². The van der Waals surface area contributed by atoms with Gasteiger partial charge in [-0.05, 0) is 59.2 Å². The molecule has 1 N–H and O–H groups in total. The van der Waals surface area contributed by atoms with Crippen LogP contribution in [0.1, 0.15) is 62.7 Å². The summed E-state index contributed by atoms with van der Waals surface area (Å²) in [6.07, 6.45) is 5.21. The van der Waals surface area contributed by atoms with E-state index in [1.54, 1.807) is 36.8 Å². The van der Waals surface area contributed by atoms with Crippen molar-refractivity contribution in [3.05, 3.63) is 59.7 Å². The number of urea groups is 1. The lowest BCUT2D eigenvalue weighted by atomic mass is 9.97. The number of carbonyl (C=O) groups is 3. The van der Waals surface area contributed by atoms with E-state index in [0.29, 0.717) is 86.5 Å². The molecule has 3 aromatic rings. The first-order chi connectivity index (χ1) is 22.9. The summed E-state index contributed by atoms with van der Waals surface area (Å²) < 4.78 is 5.27. The quantitative estimate of drug-likeness (QED) is 0.354. The molecule has 14 nitrogen and oxygen atoms in total. The van der Waals surface area contributed by atoms with Crippen LogP contribution in [-0.2, 0) is 11.3 Å². The molecule has 48 heavy (non-hydrogen) atoms. The second-order valence-electron chi connectivity index (χ2n) is 13.7. The highest BCUT2D eigenvalue weighted by Crippen LogP contribution is 2.40. The van der Waals surface area contributed by atoms with Crippen LogP contribution < -0.4 is 15.1 Å². The first kappa shape index (κ1) is 32.6. The number of Topliss-reactive ketones (excluding diaryl/α,β-unsaturated/α-hetero) is 1. The van der Waals surface area contributed by atoms with E-state index in [4.69, 9.17) is 9.72 Å². The van der Waals surface area contributed by atoms with Gasteiger partial charge in [0.05, 0.1) is 22.8 Å². The summed E-state index contributed by atoms with van der Waals surface area (Å²) in [4.78, 5) is 64.4. The molecule has 2 saturated heterocycles. The number of anilines is 2. The molecule has 14 heteroatoms. The highest BCUT2D eigenvalue weighted by Gasteiger charge is 2.45. The van der Waals surface area contributed by atoms with Crippen molar-refractivity contribution in [3.8, 4) is 17.3 Å². The standard InChI is InChI=1S/C34H40N10O4/c1-33(2,3)48-31(46)37-12-7-13-42-21-24-20-41(14-15-43(24)32(42)47)30-38-17-23(18-39-30)26-10-9-25-28(45)34(4,5)44(29(25)40-26)19-22-8-6-11-36-27(22)16-35/h6,8-11,17-18,24H,7,12-15,19-21H2,1-5H3,(H,37,46)/t24-/m0/s1. The Morgan fingerprint density at radius 1 is 1.10 bits per heavy atom. The Bertz CT molecular complexity index is 1760. The van der Waals surface area contributed by atoms with Crippen molar-refractivity contribution < 1.29 is 19.1 Å². The van der Waals surface area contributed by atoms with Gasteiger partial charge >= 0.3 is 12.1 Å². The van der Waals surface area contributed by atoms with E-state index in [0.717, 1.165) is 5.56 Å². The van der Waals surface area contributed by atoms with Crippen LogP contribution in [-0.4, -0.2) is 104 Å². The lowest BCUT2D eigenvalue weighted by molar-refractivity contribution is 0.0526. The smallest absolute Gasteiger partial charge is 0.407 e. The Morgan fingerprint density at radius 3 is 2.60 bits per heavy atom. The molecule has 3 aliphatic heterocycles. The van der Waals surface area contributed by atoms with Crippen LogP contribution >= 0.6 is 0 Å². The van der Waals surface area contributed by atoms with Gasteiger partial charge in [-0.25, -0.2) is 29.5 Å². The Hall–Kier alpha value is -5.32. The van der Waals surface area contributed by atoms with Crippen molar-refractivity contribution in [1.82, 2.24) is 35.1 Å². The zero-order valence-corrected chi connectivity index (χ0v) is 27.9. The third-order valence-corrected chi connectivity index (χ3v) is 8.85. The van der Waals surface area contributed by atoms with Crippen molar-refractivity contribution >= 4 is 29.7 Å². The molecule has 0 spiro atoms. The monoisotopic (exact) mass is 652 g/mol. The lowest BCUT2D eigenvalue weighted by Gasteiger charge is -2.36. The number of alkyl carbamates (subject to hydrolysis) is 1. The van der Waals surface area contributed by atoms with Crippen molar-refractivity contribution in [2.24, 2.45) is 0 Å². The third-order valence-electron chi connectivity index (χ3n) is 8.85. The van der Waals surface area contributed by atoms with E-state index in [1.807, 2.05) is 55.4 Å². The number of pyridine rings is 2. The Balaban J connectivity index is 1.09. The maximum Gasteiger partial charge on any atom is 0.407 e. The highest BCUT2D eigenvalue weighted by molar-refractivity contribution is 6.12. The molecule has 0 unspecified atom stereocenters. The fourth-order valence-corrected chi connectivity index (χ4v) is 6.36. The molecule has 6 rings (SSSR count). The third kappa shape index (κ3) is 6.45. The van der Waals surface area contributed by atoms with Gasteiger partial charge in [0.25, 0.3) is 0 Å². The van der Waals surface area contributed by atoms with Gasteiger partial charge in [-0.2, -0.15) is 5.26 Å². The Labute approximate surface area is 279 Å². The zero-order chi connectivity index (χ0) is 34.2. The number of ether oxygens (including phenoxy) is 1. The molecule has 1 atom stereocenters. The molecule has 0 radical (unpaired) electrons. The lowest BCUT2D eigenvalue weighted by Crippen LogP contribution is -2.52. The summed E-state index contributed by atoms with van der Waals surface area (Å²) in [6, 6.07) is 9.38. The molecule has 0 saturated carbocycles. The van der Waals surface area contributed by atoms with Crippen molar-refractivity contribution in [2.45, 2.75) is 64.8 Å². The van der Waals surface area contributed by atoms with Gasteiger partial charge in [-0.15, -0.1) is 0 Å². The second kappa shape index (κ2) is 12.7. The van der Waals surface area contributed by atoms with Gasteiger partial charge in [0.2, 0.25) is 5.95 Å². The zero-order valence-electron chi connectivity index (χ0n) is 27.9. The predicted molar refractivity (Wildman–Crippen MR) is 177 cm³/mol. The number of hydrogen-bond acceptors (Lipinski definition) is 11. The molecule has 0 aromatic carbocycles. The van der Waals surface area contributed by atoms with E-state index in [-0.39, 0.29) is 17.9 Å². The van der Waals surface area contributed by atoms with Gasteiger partial charge in [-0.3, -0.25) is 4.79 Å². The van der Waals surface area contributed by atoms with Crippen LogP contribution in [0.5, 0.6) is 0 Å². The average Bonchev–Trinajstić information content (AvgIpc) is 3.47. The minimum absolute atomic E-state index is 0.0129. The van der Waals surface area contributed by atoms with E-state index < -0.39 is 17.2 Å². The largest absolute Gasteiger partial charge is 0.444 e. The normalized spacial score (nSPS) is 18.5. The van der Waals surface area contributed by atoms with Crippen LogP contribution in [0.2, 0.25) is 0 Å². The van der Waals surface area contributed by atoms with Crippen molar-refractivity contribution in [2.75, 3.05) is 49.1 Å². The summed E-state index contributed by atoms with van der Waals surface area (Å²) in [7, 11) is 0. The molecule has 2 fully saturated rings. The molecular formula is C34H40N10O4. The maximum atomic E-state index is 13.4. The molecule has 3 aliphatic rings. The minimum atomic E-state index is -0.854. The van der Waals surface area contributed by atoms with Gasteiger partial charge in [-0.1, -0.05) is 6.07 Å². The predicted octanol–water partition coefficient (Wildman–Crippen LogP) is 3.63. The topological polar surface area (TPSA) is 161 Å². The summed E-state index contributed by atoms with van der Waals surface area (Å²) in [5.41, 5.74) is 1.49. The number of nitrogens with one attached hydrogen (secondary N) is 1. The Kier molecular flexibility index (Phi) is 8.63. The molecule has 3 aromatic heterocycles. The van der Waals surface area contributed by atoms with Crippen LogP contribution in [0, 0.1) is 11.3 Å². The van der Waals surface area contributed by atoms with Gasteiger partial charge < -0.3 is 29.7 Å². The fraction of sp³-hybridized carbons (Fsp3) is 0.471. The highest BCUT2D eigenvalue weighted by atomic mass is 16.6. The van der Waals surface area contributed by atoms with Gasteiger partial charge in [0.15, 0.2) is 5.78 Å². The number of carbonyl (C=O) groups excluding carboxylic acids is 3. The van der Waals surface area contributed by atoms with Gasteiger partial charge in [0, 0.05) is 75.5 Å². The molecule has 0 bridgehead atoms. The maximum absolute atomic E-state index is 13.4. The first-order valence-corrected chi connectivity index (χ1v) is 16.1. The van der Waals surface area contributed by atoms with Crippen LogP contribution in [0.3, 0.4) is 0 Å². The van der Waals surface area contributed by atoms with Crippen molar-refractivity contribution in [1.29, 1.82) is 5.26 Å². The van der Waals surface area contributed by atoms with Gasteiger partial charge in [0.1, 0.15) is 23.2 Å². The second-order valence-corrected chi connectivity index (χ2v) is 13.7. The summed E-state index contributed by atoms with van der Waals surface area (Å²) in [5.74, 6) is 1.09. The average molecular weight is 653 g/mol. The summed E-state index contributed by atoms with van der Waals surface area (Å²) >= 11 is 0. The molecule has 3 amide bonds. The number of piperazine rings is 1. The SMILES string of the molecule is CC(C)(C)OC(=O)NCCCN1C[C@@H]2CN(c3ncc(-c4ccc5c(n4)N(Cc4cccnc4C#N)C(C)(C)C5=O)cn3)CCN2C1=O. The fourth-order valence-electron chi connectivity index (χ4n) is 6.36. The van der Waals surface area contributed by atoms with Crippen LogP contribution in [0.15, 0.2) is 42.9 Å². The number of ketones is 1. The molecule has 250 valence electrons. The van der Waals surface area contributed by atoms with Crippen LogP contribution in [0.25, 0.3) is 11.3 Å².